The molecule has 0 bridgehead atoms. The highest BCUT2D eigenvalue weighted by atomic mass is 16.4. The lowest BCUT2D eigenvalue weighted by Crippen LogP contribution is -2.18. The van der Waals surface area contributed by atoms with E-state index in [1.165, 1.54) is 44.9 Å². The van der Waals surface area contributed by atoms with Crippen molar-refractivity contribution in [2.45, 2.75) is 109 Å². The number of aliphatic hydroxyl groups excluding tert-OH is 1. The van der Waals surface area contributed by atoms with Gasteiger partial charge in [0.1, 0.15) is 0 Å². The van der Waals surface area contributed by atoms with E-state index in [9.17, 15) is 4.79 Å². The lowest BCUT2D eigenvalue weighted by molar-refractivity contribution is -0.146. The number of allylic oxidation sites excluding steroid dienone is 4. The average Bonchev–Trinajstić information content (AvgIpc) is 2.60. The van der Waals surface area contributed by atoms with Gasteiger partial charge in [0.15, 0.2) is 6.10 Å². The number of unbranched alkanes of at least 4 members (excludes halogenated alkanes) is 11. The van der Waals surface area contributed by atoms with Crippen molar-refractivity contribution in [2.75, 3.05) is 0 Å². The van der Waals surface area contributed by atoms with E-state index in [4.69, 9.17) is 10.2 Å². The fourth-order valence-corrected chi connectivity index (χ4v) is 2.78. The molecule has 0 aromatic rings. The van der Waals surface area contributed by atoms with Crippen LogP contribution < -0.4 is 0 Å². The van der Waals surface area contributed by atoms with Gasteiger partial charge in [-0.2, -0.15) is 0 Å². The van der Waals surface area contributed by atoms with Crippen molar-refractivity contribution in [3.8, 4) is 0 Å². The molecule has 0 aliphatic carbocycles. The summed E-state index contributed by atoms with van der Waals surface area (Å²) in [7, 11) is 0. The zero-order chi connectivity index (χ0) is 18.6. The number of carbonyl (C=O) groups is 1. The van der Waals surface area contributed by atoms with Crippen LogP contribution in [0.1, 0.15) is 103 Å². The van der Waals surface area contributed by atoms with Crippen LogP contribution in [0.3, 0.4) is 0 Å². The maximum absolute atomic E-state index is 10.4. The summed E-state index contributed by atoms with van der Waals surface area (Å²) in [5.41, 5.74) is 0. The first-order valence-electron chi connectivity index (χ1n) is 10.4. The van der Waals surface area contributed by atoms with Gasteiger partial charge < -0.3 is 10.2 Å². The molecule has 2 N–H and O–H groups in total. The highest BCUT2D eigenvalue weighted by Gasteiger charge is 2.11. The van der Waals surface area contributed by atoms with Crippen LogP contribution in [0.25, 0.3) is 0 Å². The van der Waals surface area contributed by atoms with Crippen molar-refractivity contribution in [3.63, 3.8) is 0 Å². The molecule has 0 aliphatic heterocycles. The van der Waals surface area contributed by atoms with Crippen LogP contribution in [0.15, 0.2) is 24.3 Å². The molecule has 0 aliphatic rings. The monoisotopic (exact) mass is 352 g/mol. The summed E-state index contributed by atoms with van der Waals surface area (Å²) in [4.78, 5) is 10.4. The molecule has 0 aromatic heterocycles. The molecule has 146 valence electrons. The van der Waals surface area contributed by atoms with Crippen LogP contribution in [-0.2, 0) is 4.79 Å². The van der Waals surface area contributed by atoms with E-state index < -0.39 is 12.1 Å². The minimum absolute atomic E-state index is 0.371. The smallest absolute Gasteiger partial charge is 0.332 e. The second kappa shape index (κ2) is 19.2. The highest BCUT2D eigenvalue weighted by molar-refractivity contribution is 5.71. The molecular formula is C22H40O3. The Morgan fingerprint density at radius 3 is 1.68 bits per heavy atom. The van der Waals surface area contributed by atoms with Gasteiger partial charge in [-0.25, -0.2) is 4.79 Å². The third-order valence-corrected chi connectivity index (χ3v) is 4.44. The molecule has 0 fully saturated rings. The van der Waals surface area contributed by atoms with Gasteiger partial charge in [-0.05, 0) is 44.9 Å². The molecule has 0 rings (SSSR count). The van der Waals surface area contributed by atoms with E-state index in [0.717, 1.165) is 44.9 Å². The first-order chi connectivity index (χ1) is 12.2. The molecule has 1 atom stereocenters. The predicted octanol–water partition coefficient (Wildman–Crippen LogP) is 6.42. The van der Waals surface area contributed by atoms with Gasteiger partial charge in [0.2, 0.25) is 0 Å². The van der Waals surface area contributed by atoms with Crippen LogP contribution in [0, 0.1) is 0 Å². The Kier molecular flexibility index (Phi) is 18.4. The maximum atomic E-state index is 10.4. The fourth-order valence-electron chi connectivity index (χ4n) is 2.78. The normalized spacial score (nSPS) is 13.0. The highest BCUT2D eigenvalue weighted by Crippen LogP contribution is 2.09. The van der Waals surface area contributed by atoms with Crippen molar-refractivity contribution in [1.29, 1.82) is 0 Å². The number of hydrogen-bond donors (Lipinski definition) is 2. The molecule has 0 spiro atoms. The summed E-state index contributed by atoms with van der Waals surface area (Å²) in [6.45, 7) is 2.26. The molecule has 1 unspecified atom stereocenters. The van der Waals surface area contributed by atoms with Gasteiger partial charge in [-0.1, -0.05) is 82.6 Å². The Labute approximate surface area is 155 Å². The van der Waals surface area contributed by atoms with Gasteiger partial charge >= 0.3 is 5.97 Å². The van der Waals surface area contributed by atoms with Crippen molar-refractivity contribution in [3.05, 3.63) is 24.3 Å². The van der Waals surface area contributed by atoms with Crippen LogP contribution in [0.4, 0.5) is 0 Å². The second-order valence-electron chi connectivity index (χ2n) is 6.92. The van der Waals surface area contributed by atoms with E-state index in [-0.39, 0.29) is 0 Å². The number of aliphatic carboxylic acids is 1. The third-order valence-electron chi connectivity index (χ3n) is 4.44. The van der Waals surface area contributed by atoms with Crippen LogP contribution >= 0.6 is 0 Å². The van der Waals surface area contributed by atoms with Crippen LogP contribution in [0.5, 0.6) is 0 Å². The molecule has 25 heavy (non-hydrogen) atoms. The molecule has 3 heteroatoms. The van der Waals surface area contributed by atoms with Crippen molar-refractivity contribution in [1.82, 2.24) is 0 Å². The topological polar surface area (TPSA) is 57.5 Å². The number of carboxylic acids is 1. The summed E-state index contributed by atoms with van der Waals surface area (Å²) < 4.78 is 0. The number of rotatable bonds is 18. The minimum atomic E-state index is -1.19. The van der Waals surface area contributed by atoms with E-state index >= 15 is 0 Å². The van der Waals surface area contributed by atoms with Gasteiger partial charge in [0, 0.05) is 0 Å². The molecule has 0 saturated heterocycles. The summed E-state index contributed by atoms with van der Waals surface area (Å²) in [6.07, 6.45) is 25.2. The molecule has 0 radical (unpaired) electrons. The second-order valence-corrected chi connectivity index (χ2v) is 6.92. The van der Waals surface area contributed by atoms with Gasteiger partial charge in [0.25, 0.3) is 0 Å². The Hall–Kier alpha value is -1.09. The number of hydrogen-bond acceptors (Lipinski definition) is 2. The Bertz CT molecular complexity index is 347. The third kappa shape index (κ3) is 19.1. The van der Waals surface area contributed by atoms with Gasteiger partial charge in [0.05, 0.1) is 0 Å². The lowest BCUT2D eigenvalue weighted by atomic mass is 10.1. The molecule has 3 nitrogen and oxygen atoms in total. The molecule has 0 saturated carbocycles. The largest absolute Gasteiger partial charge is 0.479 e. The average molecular weight is 353 g/mol. The van der Waals surface area contributed by atoms with Gasteiger partial charge in [-0.3, -0.25) is 0 Å². The molecule has 0 amide bonds. The van der Waals surface area contributed by atoms with Crippen molar-refractivity contribution in [2.24, 2.45) is 0 Å². The first kappa shape index (κ1) is 23.9. The maximum Gasteiger partial charge on any atom is 0.332 e. The fraction of sp³-hybridized carbons (Fsp3) is 0.773. The van der Waals surface area contributed by atoms with E-state index in [1.807, 2.05) is 0 Å². The zero-order valence-electron chi connectivity index (χ0n) is 16.3. The summed E-state index contributed by atoms with van der Waals surface area (Å²) in [5.74, 6) is -1.11. The van der Waals surface area contributed by atoms with Crippen molar-refractivity contribution < 1.29 is 15.0 Å². The van der Waals surface area contributed by atoms with Gasteiger partial charge in [-0.15, -0.1) is 0 Å². The summed E-state index contributed by atoms with van der Waals surface area (Å²) in [5, 5.41) is 17.7. The first-order valence-corrected chi connectivity index (χ1v) is 10.4. The molecular weight excluding hydrogens is 312 g/mol. The van der Waals surface area contributed by atoms with E-state index in [0.29, 0.717) is 6.42 Å². The Balaban J connectivity index is 3.25. The number of aliphatic hydroxyl groups is 1. The number of carboxylic acid groups (broad SMARTS) is 1. The van der Waals surface area contributed by atoms with E-state index in [1.54, 1.807) is 0 Å². The summed E-state index contributed by atoms with van der Waals surface area (Å²) >= 11 is 0. The molecule has 0 aromatic carbocycles. The minimum Gasteiger partial charge on any atom is -0.479 e. The Morgan fingerprint density at radius 2 is 1.16 bits per heavy atom. The Morgan fingerprint density at radius 1 is 0.720 bits per heavy atom. The standard InChI is InChI=1S/C22H40O3/c1-2-3-4-5-6-7-8-9-10-11-12-13-14-15-16-17-18-19-20-21(23)22(24)25/h9-10,13-14,21,23H,2-8,11-12,15-20H2,1H3,(H,24,25). The lowest BCUT2D eigenvalue weighted by Gasteiger charge is -2.04. The predicted molar refractivity (Wildman–Crippen MR) is 107 cm³/mol. The van der Waals surface area contributed by atoms with Crippen LogP contribution in [0.2, 0.25) is 0 Å². The van der Waals surface area contributed by atoms with E-state index in [2.05, 4.69) is 31.2 Å². The zero-order valence-corrected chi connectivity index (χ0v) is 16.3. The van der Waals surface area contributed by atoms with Crippen molar-refractivity contribution >= 4 is 5.97 Å². The molecule has 0 heterocycles. The van der Waals surface area contributed by atoms with Crippen LogP contribution in [-0.4, -0.2) is 22.3 Å². The quantitative estimate of drug-likeness (QED) is 0.221. The summed E-state index contributed by atoms with van der Waals surface area (Å²) in [6, 6.07) is 0. The SMILES string of the molecule is CCCCCCCCC=CCCC=CCCCCCCC(O)C(=O)O.